The number of nitrogens with zero attached hydrogens (tertiary/aromatic N) is 3. The van der Waals surface area contributed by atoms with Crippen LogP contribution in [0.4, 0.5) is 0 Å². The number of rotatable bonds is 8. The van der Waals surface area contributed by atoms with Gasteiger partial charge in [-0.15, -0.1) is 0 Å². The SMILES string of the molecule is CS(=O)(=O)O[C@H]1C[C@@H](C(=O)NCc2nc3ccccc3n2S(C)(=O)=O)N(Cc2ccc(Cl)cc2Cl)C1. The Bertz CT molecular complexity index is 1520. The van der Waals surface area contributed by atoms with Gasteiger partial charge in [-0.2, -0.15) is 8.42 Å². The van der Waals surface area contributed by atoms with Crippen molar-refractivity contribution in [2.75, 3.05) is 19.1 Å². The molecule has 0 radical (unpaired) electrons. The Morgan fingerprint density at radius 1 is 1.14 bits per heavy atom. The summed E-state index contributed by atoms with van der Waals surface area (Å²) in [6, 6.07) is 11.0. The van der Waals surface area contributed by atoms with Crippen LogP contribution < -0.4 is 5.32 Å². The molecule has 1 fully saturated rings. The Labute approximate surface area is 219 Å². The number of likely N-dealkylation sites (tertiary alicyclic amines) is 1. The normalized spacial score (nSPS) is 19.1. The zero-order valence-corrected chi connectivity index (χ0v) is 22.5. The van der Waals surface area contributed by atoms with Gasteiger partial charge in [-0.3, -0.25) is 13.9 Å². The van der Waals surface area contributed by atoms with E-state index in [-0.39, 0.29) is 31.9 Å². The molecule has 36 heavy (non-hydrogen) atoms. The first kappa shape index (κ1) is 26.8. The van der Waals surface area contributed by atoms with Crippen LogP contribution in [0.1, 0.15) is 17.8 Å². The van der Waals surface area contributed by atoms with Crippen molar-refractivity contribution in [2.24, 2.45) is 0 Å². The number of para-hydroxylation sites is 2. The average molecular weight is 575 g/mol. The zero-order chi connectivity index (χ0) is 26.3. The molecule has 2 aromatic carbocycles. The van der Waals surface area contributed by atoms with Crippen LogP contribution in [0.25, 0.3) is 11.0 Å². The zero-order valence-electron chi connectivity index (χ0n) is 19.4. The highest BCUT2D eigenvalue weighted by molar-refractivity contribution is 7.89. The summed E-state index contributed by atoms with van der Waals surface area (Å²) in [7, 11) is -7.43. The fraction of sp³-hybridized carbons (Fsp3) is 0.364. The van der Waals surface area contributed by atoms with E-state index in [4.69, 9.17) is 27.4 Å². The number of carbonyl (C=O) groups is 1. The van der Waals surface area contributed by atoms with Crippen molar-refractivity contribution in [3.63, 3.8) is 0 Å². The van der Waals surface area contributed by atoms with E-state index in [2.05, 4.69) is 10.3 Å². The first-order chi connectivity index (χ1) is 16.8. The van der Waals surface area contributed by atoms with Crippen molar-refractivity contribution in [3.8, 4) is 0 Å². The molecule has 1 saturated heterocycles. The lowest BCUT2D eigenvalue weighted by molar-refractivity contribution is -0.125. The molecule has 1 aliphatic rings. The monoisotopic (exact) mass is 574 g/mol. The van der Waals surface area contributed by atoms with Crippen LogP contribution in [0.2, 0.25) is 10.0 Å². The molecule has 0 spiro atoms. The highest BCUT2D eigenvalue weighted by Crippen LogP contribution is 2.28. The summed E-state index contributed by atoms with van der Waals surface area (Å²) >= 11 is 12.3. The predicted molar refractivity (Wildman–Crippen MR) is 137 cm³/mol. The lowest BCUT2D eigenvalue weighted by atomic mass is 10.1. The van der Waals surface area contributed by atoms with Crippen molar-refractivity contribution >= 4 is 60.3 Å². The molecule has 0 unspecified atom stereocenters. The minimum absolute atomic E-state index is 0.118. The van der Waals surface area contributed by atoms with Gasteiger partial charge in [-0.05, 0) is 29.8 Å². The van der Waals surface area contributed by atoms with Crippen LogP contribution in [0.15, 0.2) is 42.5 Å². The third-order valence-electron chi connectivity index (χ3n) is 5.70. The Hall–Kier alpha value is -2.22. The van der Waals surface area contributed by atoms with Crippen molar-refractivity contribution < 1.29 is 25.8 Å². The quantitative estimate of drug-likeness (QED) is 0.406. The average Bonchev–Trinajstić information content (AvgIpc) is 3.33. The van der Waals surface area contributed by atoms with Gasteiger partial charge < -0.3 is 5.32 Å². The molecule has 0 saturated carbocycles. The molecule has 4 rings (SSSR count). The summed E-state index contributed by atoms with van der Waals surface area (Å²) in [5.41, 5.74) is 1.59. The highest BCUT2D eigenvalue weighted by Gasteiger charge is 2.39. The molecule has 10 nitrogen and oxygen atoms in total. The van der Waals surface area contributed by atoms with E-state index >= 15 is 0 Å². The van der Waals surface area contributed by atoms with Crippen LogP contribution in [-0.4, -0.2) is 67.8 Å². The number of imidazole rings is 1. The maximum Gasteiger partial charge on any atom is 0.264 e. The maximum absolute atomic E-state index is 13.2. The topological polar surface area (TPSA) is 128 Å². The summed E-state index contributed by atoms with van der Waals surface area (Å²) in [4.78, 5) is 19.4. The number of hydrogen-bond donors (Lipinski definition) is 1. The molecular formula is C22H24Cl2N4O6S2. The molecule has 1 aromatic heterocycles. The van der Waals surface area contributed by atoms with E-state index in [1.165, 1.54) is 0 Å². The van der Waals surface area contributed by atoms with Crippen molar-refractivity contribution in [2.45, 2.75) is 31.7 Å². The summed E-state index contributed by atoms with van der Waals surface area (Å²) < 4.78 is 54.5. The van der Waals surface area contributed by atoms with E-state index < -0.39 is 38.2 Å². The van der Waals surface area contributed by atoms with Gasteiger partial charge in [0.05, 0.1) is 42.2 Å². The van der Waals surface area contributed by atoms with Gasteiger partial charge in [0.25, 0.3) is 10.1 Å². The Kier molecular flexibility index (Phi) is 7.65. The van der Waals surface area contributed by atoms with Crippen LogP contribution in [0, 0.1) is 0 Å². The molecule has 1 amide bonds. The van der Waals surface area contributed by atoms with Crippen LogP contribution in [0.5, 0.6) is 0 Å². The molecule has 14 heteroatoms. The first-order valence-electron chi connectivity index (χ1n) is 10.8. The van der Waals surface area contributed by atoms with E-state index in [1.54, 1.807) is 47.4 Å². The Morgan fingerprint density at radius 2 is 1.86 bits per heavy atom. The van der Waals surface area contributed by atoms with Crippen molar-refractivity contribution in [1.82, 2.24) is 19.2 Å². The van der Waals surface area contributed by atoms with E-state index in [9.17, 15) is 21.6 Å². The molecule has 1 N–H and O–H groups in total. The van der Waals surface area contributed by atoms with Gasteiger partial charge in [0.1, 0.15) is 5.82 Å². The van der Waals surface area contributed by atoms with E-state index in [1.807, 2.05) is 0 Å². The molecule has 2 atom stereocenters. The summed E-state index contributed by atoms with van der Waals surface area (Å²) in [6.07, 6.45) is 1.40. The van der Waals surface area contributed by atoms with Gasteiger partial charge >= 0.3 is 0 Å². The van der Waals surface area contributed by atoms with Gasteiger partial charge in [0.2, 0.25) is 15.9 Å². The third kappa shape index (κ3) is 6.18. The number of nitrogens with one attached hydrogen (secondary N) is 1. The maximum atomic E-state index is 13.2. The van der Waals surface area contributed by atoms with Crippen LogP contribution in [-0.2, 0) is 42.2 Å². The number of carbonyl (C=O) groups excluding carboxylic acids is 1. The van der Waals surface area contributed by atoms with E-state index in [0.717, 1.165) is 16.5 Å². The minimum atomic E-state index is -3.74. The second-order valence-corrected chi connectivity index (χ2v) is 12.9. The molecule has 2 heterocycles. The van der Waals surface area contributed by atoms with Gasteiger partial charge in [0, 0.05) is 29.6 Å². The van der Waals surface area contributed by atoms with Crippen LogP contribution >= 0.6 is 23.2 Å². The fourth-order valence-electron chi connectivity index (χ4n) is 4.31. The molecular weight excluding hydrogens is 551 g/mol. The summed E-state index contributed by atoms with van der Waals surface area (Å²) in [5, 5.41) is 3.63. The number of halogens is 2. The van der Waals surface area contributed by atoms with Crippen molar-refractivity contribution in [1.29, 1.82) is 0 Å². The molecule has 194 valence electrons. The lowest BCUT2D eigenvalue weighted by Crippen LogP contribution is -2.43. The smallest absolute Gasteiger partial charge is 0.264 e. The second-order valence-electron chi connectivity index (χ2n) is 8.60. The number of hydrogen-bond acceptors (Lipinski definition) is 8. The highest BCUT2D eigenvalue weighted by atomic mass is 35.5. The molecule has 0 bridgehead atoms. The standard InChI is InChI=1S/C22H24Cl2N4O6S2/c1-35(30,31)28-19-6-4-3-5-18(19)26-21(28)11-25-22(29)20-10-16(34-36(2,32)33)13-27(20)12-14-7-8-15(23)9-17(14)24/h3-9,16,20H,10-13H2,1-2H3,(H,25,29)/t16-,20-/m0/s1. The van der Waals surface area contributed by atoms with Gasteiger partial charge in [0.15, 0.2) is 0 Å². The Morgan fingerprint density at radius 3 is 2.53 bits per heavy atom. The predicted octanol–water partition coefficient (Wildman–Crippen LogP) is 2.39. The van der Waals surface area contributed by atoms with Crippen molar-refractivity contribution in [3.05, 3.63) is 63.9 Å². The fourth-order valence-corrected chi connectivity index (χ4v) is 6.42. The molecule has 0 aliphatic carbocycles. The number of amides is 1. The second kappa shape index (κ2) is 10.3. The largest absolute Gasteiger partial charge is 0.347 e. The minimum Gasteiger partial charge on any atom is -0.347 e. The third-order valence-corrected chi connectivity index (χ3v) is 7.98. The number of aromatic nitrogens is 2. The lowest BCUT2D eigenvalue weighted by Gasteiger charge is -2.24. The van der Waals surface area contributed by atoms with E-state index in [0.29, 0.717) is 26.6 Å². The molecule has 3 aromatic rings. The van der Waals surface area contributed by atoms with Gasteiger partial charge in [-0.1, -0.05) is 41.4 Å². The summed E-state index contributed by atoms with van der Waals surface area (Å²) in [5.74, 6) is -0.270. The Balaban J connectivity index is 1.57. The number of benzene rings is 2. The first-order valence-corrected chi connectivity index (χ1v) is 15.2. The van der Waals surface area contributed by atoms with Crippen LogP contribution in [0.3, 0.4) is 0 Å². The van der Waals surface area contributed by atoms with Gasteiger partial charge in [-0.25, -0.2) is 17.4 Å². The summed E-state index contributed by atoms with van der Waals surface area (Å²) in [6.45, 7) is 0.274. The number of fused-ring (bicyclic) bond motifs is 1. The molecule has 1 aliphatic heterocycles.